The van der Waals surface area contributed by atoms with E-state index in [0.29, 0.717) is 25.6 Å². The average Bonchev–Trinajstić information content (AvgIpc) is 2.37. The van der Waals surface area contributed by atoms with Gasteiger partial charge >= 0.3 is 6.03 Å². The molecule has 0 unspecified atom stereocenters. The lowest BCUT2D eigenvalue weighted by molar-refractivity contribution is 0.150. The summed E-state index contributed by atoms with van der Waals surface area (Å²) in [5, 5.41) is 2.94. The molecule has 0 aliphatic rings. The third-order valence-electron chi connectivity index (χ3n) is 2.80. The number of hydrogen-bond acceptors (Lipinski definition) is 2. The van der Waals surface area contributed by atoms with Crippen LogP contribution in [0.1, 0.15) is 19.4 Å². The zero-order valence-corrected chi connectivity index (χ0v) is 14.2. The molecule has 0 atom stereocenters. The topological polar surface area (TPSA) is 41.6 Å². The van der Waals surface area contributed by atoms with Crippen molar-refractivity contribution in [2.24, 2.45) is 5.92 Å². The molecule has 0 saturated heterocycles. The van der Waals surface area contributed by atoms with Crippen LogP contribution in [0.5, 0.6) is 0 Å². The second-order valence-corrected chi connectivity index (χ2v) is 6.10. The molecule has 0 heterocycles. The van der Waals surface area contributed by atoms with Crippen LogP contribution in [0.3, 0.4) is 0 Å². The minimum absolute atomic E-state index is 0.0969. The van der Waals surface area contributed by atoms with Crippen LogP contribution in [0.2, 0.25) is 0 Å². The molecule has 1 N–H and O–H groups in total. The van der Waals surface area contributed by atoms with Crippen LogP contribution in [0.4, 0.5) is 10.5 Å². The number of carbonyl (C=O) groups excluding carboxylic acids is 1. The summed E-state index contributed by atoms with van der Waals surface area (Å²) in [5.74, 6) is 0.416. The number of hydrogen-bond donors (Lipinski definition) is 1. The fraction of sp³-hybridized carbons (Fsp3) is 0.533. The smallest absolute Gasteiger partial charge is 0.321 e. The zero-order valence-electron chi connectivity index (χ0n) is 12.6. The molecule has 4 nitrogen and oxygen atoms in total. The minimum atomic E-state index is -0.0969. The second-order valence-electron chi connectivity index (χ2n) is 5.25. The van der Waals surface area contributed by atoms with Gasteiger partial charge < -0.3 is 15.0 Å². The Labute approximate surface area is 129 Å². The highest BCUT2D eigenvalue weighted by molar-refractivity contribution is 9.10. The van der Waals surface area contributed by atoms with Crippen LogP contribution in [0.15, 0.2) is 22.7 Å². The maximum absolute atomic E-state index is 12.3. The average molecular weight is 343 g/mol. The minimum Gasteiger partial charge on any atom is -0.383 e. The molecule has 0 radical (unpaired) electrons. The second kappa shape index (κ2) is 8.27. The quantitative estimate of drug-likeness (QED) is 0.851. The van der Waals surface area contributed by atoms with Crippen LogP contribution in [-0.4, -0.2) is 37.7 Å². The third-order valence-corrected chi connectivity index (χ3v) is 3.46. The SMILES string of the molecule is COCCN(CC(C)C)C(=O)Nc1ccc(C)cc1Br. The lowest BCUT2D eigenvalue weighted by Gasteiger charge is -2.25. The van der Waals surface area contributed by atoms with Crippen LogP contribution in [0.25, 0.3) is 0 Å². The maximum Gasteiger partial charge on any atom is 0.321 e. The van der Waals surface area contributed by atoms with Crippen molar-refractivity contribution in [3.63, 3.8) is 0 Å². The Bertz CT molecular complexity index is 449. The molecule has 1 aromatic rings. The van der Waals surface area contributed by atoms with Crippen molar-refractivity contribution in [1.82, 2.24) is 4.90 Å². The van der Waals surface area contributed by atoms with Gasteiger partial charge in [0.1, 0.15) is 0 Å². The highest BCUT2D eigenvalue weighted by Gasteiger charge is 2.15. The third kappa shape index (κ3) is 5.51. The number of carbonyl (C=O) groups is 1. The van der Waals surface area contributed by atoms with E-state index in [0.717, 1.165) is 15.7 Å². The number of nitrogens with zero attached hydrogens (tertiary/aromatic N) is 1. The molecular weight excluding hydrogens is 320 g/mol. The van der Waals surface area contributed by atoms with Crippen molar-refractivity contribution in [3.8, 4) is 0 Å². The lowest BCUT2D eigenvalue weighted by Crippen LogP contribution is -2.39. The van der Waals surface area contributed by atoms with Gasteiger partial charge in [-0.25, -0.2) is 4.79 Å². The van der Waals surface area contributed by atoms with Crippen molar-refractivity contribution < 1.29 is 9.53 Å². The first-order valence-electron chi connectivity index (χ1n) is 6.75. The van der Waals surface area contributed by atoms with Gasteiger partial charge in [-0.05, 0) is 46.5 Å². The number of anilines is 1. The molecule has 1 rings (SSSR count). The van der Waals surface area contributed by atoms with Gasteiger partial charge in [0.25, 0.3) is 0 Å². The van der Waals surface area contributed by atoms with Gasteiger partial charge in [-0.2, -0.15) is 0 Å². The first kappa shape index (κ1) is 17.0. The molecule has 2 amide bonds. The van der Waals surface area contributed by atoms with E-state index >= 15 is 0 Å². The van der Waals surface area contributed by atoms with Gasteiger partial charge in [0, 0.05) is 24.7 Å². The number of benzene rings is 1. The van der Waals surface area contributed by atoms with E-state index in [1.165, 1.54) is 0 Å². The molecule has 0 aliphatic heterocycles. The van der Waals surface area contributed by atoms with Crippen LogP contribution < -0.4 is 5.32 Å². The van der Waals surface area contributed by atoms with Crippen LogP contribution in [-0.2, 0) is 4.74 Å². The van der Waals surface area contributed by atoms with Crippen molar-refractivity contribution >= 4 is 27.6 Å². The molecule has 0 saturated carbocycles. The summed E-state index contributed by atoms with van der Waals surface area (Å²) in [6.07, 6.45) is 0. The Morgan fingerprint density at radius 1 is 1.45 bits per heavy atom. The number of halogens is 1. The van der Waals surface area contributed by atoms with Crippen LogP contribution in [0, 0.1) is 12.8 Å². The first-order chi connectivity index (χ1) is 9.43. The molecule has 20 heavy (non-hydrogen) atoms. The predicted molar refractivity (Wildman–Crippen MR) is 86.2 cm³/mol. The van der Waals surface area contributed by atoms with Gasteiger partial charge in [0.05, 0.1) is 12.3 Å². The molecule has 0 aromatic heterocycles. The molecule has 0 spiro atoms. The molecule has 112 valence electrons. The van der Waals surface area contributed by atoms with E-state index in [-0.39, 0.29) is 6.03 Å². The highest BCUT2D eigenvalue weighted by Crippen LogP contribution is 2.23. The predicted octanol–water partition coefficient (Wildman–Crippen LogP) is 3.89. The zero-order chi connectivity index (χ0) is 15.1. The fourth-order valence-corrected chi connectivity index (χ4v) is 2.43. The van der Waals surface area contributed by atoms with E-state index < -0.39 is 0 Å². The first-order valence-corrected chi connectivity index (χ1v) is 7.54. The molecule has 1 aromatic carbocycles. The molecule has 0 fully saturated rings. The van der Waals surface area contributed by atoms with E-state index in [4.69, 9.17) is 4.74 Å². The summed E-state index contributed by atoms with van der Waals surface area (Å²) in [6, 6.07) is 5.77. The standard InChI is InChI=1S/C15H23BrN2O2/c1-11(2)10-18(7-8-20-4)15(19)17-14-6-5-12(3)9-13(14)16/h5-6,9,11H,7-8,10H2,1-4H3,(H,17,19). The molecule has 0 aliphatic carbocycles. The number of rotatable bonds is 6. The van der Waals surface area contributed by atoms with Gasteiger partial charge in [-0.15, -0.1) is 0 Å². The number of ether oxygens (including phenoxy) is 1. The summed E-state index contributed by atoms with van der Waals surface area (Å²) < 4.78 is 5.95. The monoisotopic (exact) mass is 342 g/mol. The summed E-state index contributed by atoms with van der Waals surface area (Å²) in [4.78, 5) is 14.1. The fourth-order valence-electron chi connectivity index (χ4n) is 1.83. The molecule has 5 heteroatoms. The highest BCUT2D eigenvalue weighted by atomic mass is 79.9. The van der Waals surface area contributed by atoms with Gasteiger partial charge in [0.15, 0.2) is 0 Å². The van der Waals surface area contributed by atoms with Crippen LogP contribution >= 0.6 is 15.9 Å². The van der Waals surface area contributed by atoms with Crippen molar-refractivity contribution in [3.05, 3.63) is 28.2 Å². The Balaban J connectivity index is 2.73. The lowest BCUT2D eigenvalue weighted by atomic mass is 10.2. The summed E-state index contributed by atoms with van der Waals surface area (Å²) in [6.45, 7) is 8.03. The number of nitrogens with one attached hydrogen (secondary N) is 1. The Morgan fingerprint density at radius 3 is 2.70 bits per heavy atom. The Hall–Kier alpha value is -1.07. The van der Waals surface area contributed by atoms with Gasteiger partial charge in [0.2, 0.25) is 0 Å². The largest absolute Gasteiger partial charge is 0.383 e. The number of amides is 2. The maximum atomic E-state index is 12.3. The number of methoxy groups -OCH3 is 1. The molecule has 0 bridgehead atoms. The normalized spacial score (nSPS) is 10.7. The van der Waals surface area contributed by atoms with Gasteiger partial charge in [-0.1, -0.05) is 19.9 Å². The Kier molecular flexibility index (Phi) is 7.02. The summed E-state index contributed by atoms with van der Waals surface area (Å²) in [7, 11) is 1.64. The van der Waals surface area contributed by atoms with Crippen molar-refractivity contribution in [1.29, 1.82) is 0 Å². The number of urea groups is 1. The summed E-state index contributed by atoms with van der Waals surface area (Å²) >= 11 is 3.47. The van der Waals surface area contributed by atoms with Gasteiger partial charge in [-0.3, -0.25) is 0 Å². The van der Waals surface area contributed by atoms with E-state index in [1.807, 2.05) is 25.1 Å². The summed E-state index contributed by atoms with van der Waals surface area (Å²) in [5.41, 5.74) is 1.93. The van der Waals surface area contributed by atoms with E-state index in [9.17, 15) is 4.79 Å². The van der Waals surface area contributed by atoms with E-state index in [2.05, 4.69) is 35.1 Å². The number of aryl methyl sites for hydroxylation is 1. The van der Waals surface area contributed by atoms with Crippen molar-refractivity contribution in [2.75, 3.05) is 32.1 Å². The Morgan fingerprint density at radius 2 is 2.15 bits per heavy atom. The van der Waals surface area contributed by atoms with Crippen molar-refractivity contribution in [2.45, 2.75) is 20.8 Å². The molecular formula is C15H23BrN2O2. The van der Waals surface area contributed by atoms with E-state index in [1.54, 1.807) is 12.0 Å².